The van der Waals surface area contributed by atoms with E-state index in [0.29, 0.717) is 22.4 Å². The van der Waals surface area contributed by atoms with Gasteiger partial charge in [-0.1, -0.05) is 18.2 Å². The number of aromatic nitrogens is 3. The van der Waals surface area contributed by atoms with Crippen molar-refractivity contribution in [3.63, 3.8) is 0 Å². The lowest BCUT2D eigenvalue weighted by Crippen LogP contribution is -2.13. The highest BCUT2D eigenvalue weighted by Crippen LogP contribution is 2.22. The molecule has 8 heteroatoms. The number of para-hydroxylation sites is 1. The largest absolute Gasteiger partial charge is 0.377 e. The second-order valence-corrected chi connectivity index (χ2v) is 7.52. The Kier molecular flexibility index (Phi) is 5.66. The first kappa shape index (κ1) is 18.8. The minimum atomic E-state index is -1.34. The van der Waals surface area contributed by atoms with Crippen LogP contribution in [0.2, 0.25) is 0 Å². The molecule has 0 aliphatic rings. The second-order valence-electron chi connectivity index (χ2n) is 6.18. The molecule has 0 fully saturated rings. The van der Waals surface area contributed by atoms with E-state index in [4.69, 9.17) is 0 Å². The third kappa shape index (κ3) is 4.40. The molecule has 140 valence electrons. The van der Waals surface area contributed by atoms with Crippen LogP contribution in [0, 0.1) is 0 Å². The average molecular weight is 383 g/mol. The maximum atomic E-state index is 13.0. The van der Waals surface area contributed by atoms with Gasteiger partial charge >= 0.3 is 0 Å². The summed E-state index contributed by atoms with van der Waals surface area (Å²) in [4.78, 5) is 21.7. The van der Waals surface area contributed by atoms with Gasteiger partial charge in [-0.3, -0.25) is 13.6 Å². The van der Waals surface area contributed by atoms with E-state index in [2.05, 4.69) is 15.3 Å². The highest BCUT2D eigenvalue weighted by molar-refractivity contribution is 7.84. The summed E-state index contributed by atoms with van der Waals surface area (Å²) in [5, 5.41) is 3.11. The number of imidazole rings is 1. The fourth-order valence-electron chi connectivity index (χ4n) is 2.71. The lowest BCUT2D eigenvalue weighted by atomic mass is 10.2. The van der Waals surface area contributed by atoms with Crippen molar-refractivity contribution in [3.8, 4) is 5.82 Å². The molecule has 2 heterocycles. The molecule has 1 amide bonds. The molecule has 0 bridgehead atoms. The molecule has 1 atom stereocenters. The summed E-state index contributed by atoms with van der Waals surface area (Å²) in [7, 11) is 2.58. The lowest BCUT2D eigenvalue weighted by Gasteiger charge is -2.17. The Morgan fingerprint density at radius 2 is 1.96 bits per heavy atom. The van der Waals surface area contributed by atoms with Gasteiger partial charge in [0.1, 0.15) is 5.82 Å². The highest BCUT2D eigenvalue weighted by Gasteiger charge is 2.16. The van der Waals surface area contributed by atoms with Crippen LogP contribution in [0.3, 0.4) is 0 Å². The van der Waals surface area contributed by atoms with Gasteiger partial charge in [-0.05, 0) is 23.8 Å². The number of pyridine rings is 1. The van der Waals surface area contributed by atoms with Crippen LogP contribution in [-0.2, 0) is 21.3 Å². The Labute approximate surface area is 160 Å². The van der Waals surface area contributed by atoms with Crippen LogP contribution in [0.15, 0.2) is 60.1 Å². The van der Waals surface area contributed by atoms with Crippen molar-refractivity contribution in [2.75, 3.05) is 24.3 Å². The van der Waals surface area contributed by atoms with Gasteiger partial charge in [-0.25, -0.2) is 9.97 Å². The van der Waals surface area contributed by atoms with Gasteiger partial charge in [0.15, 0.2) is 0 Å². The molecule has 3 rings (SSSR count). The summed E-state index contributed by atoms with van der Waals surface area (Å²) in [5.74, 6) is 0.786. The average Bonchev–Trinajstić information content (AvgIpc) is 3.12. The van der Waals surface area contributed by atoms with E-state index < -0.39 is 10.8 Å². The number of nitrogens with zero attached hydrogens (tertiary/aromatic N) is 4. The van der Waals surface area contributed by atoms with Crippen LogP contribution >= 0.6 is 0 Å². The van der Waals surface area contributed by atoms with Crippen LogP contribution in [0.5, 0.6) is 0 Å². The van der Waals surface area contributed by atoms with Crippen LogP contribution in [0.1, 0.15) is 12.5 Å². The Bertz CT molecular complexity index is 966. The zero-order valence-corrected chi connectivity index (χ0v) is 16.2. The molecule has 0 aliphatic carbocycles. The van der Waals surface area contributed by atoms with E-state index in [-0.39, 0.29) is 5.91 Å². The fourth-order valence-corrected chi connectivity index (χ4v) is 3.92. The van der Waals surface area contributed by atoms with Gasteiger partial charge < -0.3 is 10.2 Å². The lowest BCUT2D eigenvalue weighted by molar-refractivity contribution is -0.114. The monoisotopic (exact) mass is 383 g/mol. The van der Waals surface area contributed by atoms with Crippen LogP contribution < -0.4 is 10.2 Å². The Balaban J connectivity index is 1.85. The third-order valence-corrected chi connectivity index (χ3v) is 5.17. The maximum absolute atomic E-state index is 13.0. The van der Waals surface area contributed by atoms with Crippen molar-refractivity contribution in [1.82, 2.24) is 14.5 Å². The van der Waals surface area contributed by atoms with E-state index in [9.17, 15) is 9.00 Å². The van der Waals surface area contributed by atoms with E-state index in [1.54, 1.807) is 35.3 Å². The molecule has 0 spiro atoms. The molecule has 0 radical (unpaired) electrons. The highest BCUT2D eigenvalue weighted by atomic mass is 32.2. The van der Waals surface area contributed by atoms with Gasteiger partial charge in [0, 0.05) is 39.1 Å². The predicted octanol–water partition coefficient (Wildman–Crippen LogP) is 2.60. The van der Waals surface area contributed by atoms with E-state index in [1.807, 2.05) is 43.3 Å². The van der Waals surface area contributed by atoms with Gasteiger partial charge in [0.25, 0.3) is 0 Å². The second kappa shape index (κ2) is 8.13. The molecule has 2 aromatic heterocycles. The molecule has 3 aromatic rings. The smallest absolute Gasteiger partial charge is 0.221 e. The summed E-state index contributed by atoms with van der Waals surface area (Å²) < 4.78 is 14.7. The quantitative estimate of drug-likeness (QED) is 0.708. The Hall–Kier alpha value is -3.00. The molecular weight excluding hydrogens is 362 g/mol. The van der Waals surface area contributed by atoms with Crippen molar-refractivity contribution >= 4 is 28.1 Å². The molecule has 1 unspecified atom stereocenters. The minimum Gasteiger partial charge on any atom is -0.377 e. The van der Waals surface area contributed by atoms with Crippen molar-refractivity contribution in [1.29, 1.82) is 0 Å². The summed E-state index contributed by atoms with van der Waals surface area (Å²) >= 11 is 0. The van der Waals surface area contributed by atoms with Crippen molar-refractivity contribution in [2.24, 2.45) is 0 Å². The van der Waals surface area contributed by atoms with Gasteiger partial charge in [-0.2, -0.15) is 0 Å². The van der Waals surface area contributed by atoms with Crippen molar-refractivity contribution in [3.05, 3.63) is 60.6 Å². The van der Waals surface area contributed by atoms with Gasteiger partial charge in [0.2, 0.25) is 11.1 Å². The number of rotatable bonds is 6. The van der Waals surface area contributed by atoms with Crippen LogP contribution in [-0.4, -0.2) is 38.7 Å². The fraction of sp³-hybridized carbons (Fsp3) is 0.211. The molecule has 1 N–H and O–H groups in total. The molecule has 0 saturated carbocycles. The normalized spacial score (nSPS) is 11.8. The Morgan fingerprint density at radius 1 is 1.19 bits per heavy atom. The number of carbonyl (C=O) groups is 1. The third-order valence-electron chi connectivity index (χ3n) is 3.89. The summed E-state index contributed by atoms with van der Waals surface area (Å²) in [6, 6.07) is 11.4. The number of hydrogen-bond acceptors (Lipinski definition) is 5. The molecule has 7 nitrogen and oxygen atoms in total. The topological polar surface area (TPSA) is 80.1 Å². The predicted molar refractivity (Wildman–Crippen MR) is 107 cm³/mol. The van der Waals surface area contributed by atoms with E-state index in [0.717, 1.165) is 11.3 Å². The molecule has 27 heavy (non-hydrogen) atoms. The van der Waals surface area contributed by atoms with E-state index in [1.165, 1.54) is 6.92 Å². The minimum absolute atomic E-state index is 0.159. The van der Waals surface area contributed by atoms with Crippen LogP contribution in [0.4, 0.5) is 11.4 Å². The zero-order chi connectivity index (χ0) is 19.4. The van der Waals surface area contributed by atoms with Gasteiger partial charge in [0.05, 0.1) is 28.4 Å². The van der Waals surface area contributed by atoms with E-state index >= 15 is 0 Å². The van der Waals surface area contributed by atoms with Crippen molar-refractivity contribution in [2.45, 2.75) is 17.8 Å². The zero-order valence-electron chi connectivity index (χ0n) is 15.4. The Morgan fingerprint density at radius 3 is 2.63 bits per heavy atom. The number of carbonyl (C=O) groups excluding carboxylic acids is 1. The molecular formula is C19H21N5O2S. The number of hydrogen-bond donors (Lipinski definition) is 1. The number of benzene rings is 1. The van der Waals surface area contributed by atoms with Gasteiger partial charge in [-0.15, -0.1) is 0 Å². The van der Waals surface area contributed by atoms with Crippen molar-refractivity contribution < 1.29 is 9.00 Å². The summed E-state index contributed by atoms with van der Waals surface area (Å²) in [5.41, 5.74) is 2.63. The molecule has 0 aliphatic heterocycles. The first-order valence-electron chi connectivity index (χ1n) is 8.36. The number of anilines is 2. The molecule has 0 saturated heterocycles. The maximum Gasteiger partial charge on any atom is 0.221 e. The standard InChI is InChI=1S/C19H21N5O2S/c1-14(25)22-16-8-9-18(21-12-16)24-11-10-20-19(24)27(26)13-15-6-4-5-7-17(15)23(2)3/h4-12H,13H2,1-3H3,(H,22,25). The number of amides is 1. The first-order chi connectivity index (χ1) is 13.0. The summed E-state index contributed by atoms with van der Waals surface area (Å²) in [6.45, 7) is 1.44. The SMILES string of the molecule is CC(=O)Nc1ccc(-n2ccnc2S(=O)Cc2ccccc2N(C)C)nc1. The summed E-state index contributed by atoms with van der Waals surface area (Å²) in [6.07, 6.45) is 4.89. The molecule has 1 aromatic carbocycles. The van der Waals surface area contributed by atoms with Crippen LogP contribution in [0.25, 0.3) is 5.82 Å². The number of nitrogens with one attached hydrogen (secondary N) is 1. The first-order valence-corrected chi connectivity index (χ1v) is 9.68.